The van der Waals surface area contributed by atoms with E-state index in [0.717, 1.165) is 28.1 Å². The minimum Gasteiger partial charge on any atom is -0.459 e. The molecule has 1 heterocycles. The summed E-state index contributed by atoms with van der Waals surface area (Å²) in [6, 6.07) is 9.92. The predicted molar refractivity (Wildman–Crippen MR) is 78.9 cm³/mol. The molecule has 1 N–H and O–H groups in total. The van der Waals surface area contributed by atoms with Gasteiger partial charge in [0.15, 0.2) is 0 Å². The van der Waals surface area contributed by atoms with Crippen LogP contribution in [0.15, 0.2) is 39.2 Å². The van der Waals surface area contributed by atoms with E-state index in [-0.39, 0.29) is 6.04 Å². The Kier molecular flexibility index (Phi) is 4.49. The maximum absolute atomic E-state index is 6.08. The lowest BCUT2D eigenvalue weighted by Crippen LogP contribution is -2.16. The molecule has 0 aliphatic carbocycles. The summed E-state index contributed by atoms with van der Waals surface area (Å²) in [5, 5.41) is 4.01. The Morgan fingerprint density at radius 2 is 2.11 bits per heavy atom. The third kappa shape index (κ3) is 2.79. The summed E-state index contributed by atoms with van der Waals surface area (Å²) in [6.45, 7) is 5.07. The summed E-state index contributed by atoms with van der Waals surface area (Å²) in [7, 11) is 0. The van der Waals surface area contributed by atoms with Gasteiger partial charge in [0, 0.05) is 10.0 Å². The van der Waals surface area contributed by atoms with Crippen LogP contribution in [-0.2, 0) is 0 Å². The van der Waals surface area contributed by atoms with Crippen molar-refractivity contribution in [2.75, 3.05) is 6.54 Å². The highest BCUT2D eigenvalue weighted by Gasteiger charge is 2.13. The van der Waals surface area contributed by atoms with Gasteiger partial charge < -0.3 is 9.73 Å². The summed E-state index contributed by atoms with van der Waals surface area (Å²) in [4.78, 5) is 0. The van der Waals surface area contributed by atoms with Gasteiger partial charge in [-0.25, -0.2) is 0 Å². The number of halogens is 2. The van der Waals surface area contributed by atoms with Crippen molar-refractivity contribution in [1.82, 2.24) is 5.32 Å². The third-order valence-electron chi connectivity index (χ3n) is 2.78. The van der Waals surface area contributed by atoms with Crippen LogP contribution in [0.3, 0.4) is 0 Å². The van der Waals surface area contributed by atoms with Crippen molar-refractivity contribution in [3.8, 4) is 11.3 Å². The van der Waals surface area contributed by atoms with Crippen LogP contribution in [-0.4, -0.2) is 6.54 Å². The number of furan rings is 1. The lowest BCUT2D eigenvalue weighted by atomic mass is 10.2. The Morgan fingerprint density at radius 1 is 1.33 bits per heavy atom. The molecule has 4 heteroatoms. The molecule has 0 radical (unpaired) electrons. The number of benzene rings is 1. The number of hydrogen-bond acceptors (Lipinski definition) is 2. The summed E-state index contributed by atoms with van der Waals surface area (Å²) < 4.78 is 6.73. The van der Waals surface area contributed by atoms with E-state index < -0.39 is 0 Å². The van der Waals surface area contributed by atoms with Gasteiger partial charge in [0.25, 0.3) is 0 Å². The van der Waals surface area contributed by atoms with Crippen molar-refractivity contribution in [3.63, 3.8) is 0 Å². The molecule has 1 unspecified atom stereocenters. The molecule has 0 saturated carbocycles. The average molecular weight is 329 g/mol. The SMILES string of the molecule is CCNC(C)c1ccc(-c2cccc(Cl)c2Br)o1. The van der Waals surface area contributed by atoms with E-state index in [4.69, 9.17) is 16.0 Å². The van der Waals surface area contributed by atoms with Crippen LogP contribution in [0.1, 0.15) is 25.6 Å². The molecule has 0 saturated heterocycles. The minimum atomic E-state index is 0.210. The molecule has 1 aromatic carbocycles. The molecule has 0 fully saturated rings. The van der Waals surface area contributed by atoms with Gasteiger partial charge in [-0.1, -0.05) is 24.6 Å². The summed E-state index contributed by atoms with van der Waals surface area (Å²) in [5.41, 5.74) is 0.970. The van der Waals surface area contributed by atoms with Gasteiger partial charge in [-0.2, -0.15) is 0 Å². The monoisotopic (exact) mass is 327 g/mol. The van der Waals surface area contributed by atoms with E-state index in [1.807, 2.05) is 30.3 Å². The Morgan fingerprint density at radius 3 is 2.83 bits per heavy atom. The Labute approximate surface area is 120 Å². The average Bonchev–Trinajstić information content (AvgIpc) is 2.82. The van der Waals surface area contributed by atoms with Crippen LogP contribution in [0.5, 0.6) is 0 Å². The van der Waals surface area contributed by atoms with Crippen LogP contribution in [0.4, 0.5) is 0 Å². The topological polar surface area (TPSA) is 25.2 Å². The normalized spacial score (nSPS) is 12.7. The van der Waals surface area contributed by atoms with Crippen LogP contribution in [0.25, 0.3) is 11.3 Å². The second-order valence-electron chi connectivity index (χ2n) is 4.08. The van der Waals surface area contributed by atoms with Crippen LogP contribution >= 0.6 is 27.5 Å². The van der Waals surface area contributed by atoms with Crippen LogP contribution in [0, 0.1) is 0 Å². The highest BCUT2D eigenvalue weighted by Crippen LogP contribution is 2.35. The zero-order valence-corrected chi connectivity index (χ0v) is 12.7. The molecule has 0 spiro atoms. The lowest BCUT2D eigenvalue weighted by molar-refractivity contribution is 0.445. The first-order chi connectivity index (χ1) is 8.63. The van der Waals surface area contributed by atoms with Crippen molar-refractivity contribution in [3.05, 3.63) is 45.6 Å². The van der Waals surface area contributed by atoms with Crippen LogP contribution < -0.4 is 5.32 Å². The zero-order chi connectivity index (χ0) is 13.1. The van der Waals surface area contributed by atoms with Gasteiger partial charge in [0.1, 0.15) is 11.5 Å². The van der Waals surface area contributed by atoms with E-state index in [1.54, 1.807) is 0 Å². The van der Waals surface area contributed by atoms with Crippen molar-refractivity contribution < 1.29 is 4.42 Å². The molecule has 0 amide bonds. The first-order valence-electron chi connectivity index (χ1n) is 5.91. The van der Waals surface area contributed by atoms with E-state index in [0.29, 0.717) is 5.02 Å². The smallest absolute Gasteiger partial charge is 0.135 e. The molecule has 1 atom stereocenters. The number of hydrogen-bond donors (Lipinski definition) is 1. The highest BCUT2D eigenvalue weighted by atomic mass is 79.9. The van der Waals surface area contributed by atoms with Gasteiger partial charge in [-0.05, 0) is 53.7 Å². The van der Waals surface area contributed by atoms with Gasteiger partial charge in [0.05, 0.1) is 11.1 Å². The molecule has 2 rings (SSSR count). The molecule has 1 aromatic heterocycles. The maximum Gasteiger partial charge on any atom is 0.135 e. The van der Waals surface area contributed by atoms with E-state index in [2.05, 4.69) is 35.1 Å². The molecule has 2 aromatic rings. The summed E-state index contributed by atoms with van der Waals surface area (Å²) in [6.07, 6.45) is 0. The fraction of sp³-hybridized carbons (Fsp3) is 0.286. The molecule has 96 valence electrons. The largest absolute Gasteiger partial charge is 0.459 e. The molecular weight excluding hydrogens is 314 g/mol. The van der Waals surface area contributed by atoms with Crippen molar-refractivity contribution in [1.29, 1.82) is 0 Å². The van der Waals surface area contributed by atoms with Gasteiger partial charge in [-0.15, -0.1) is 0 Å². The Hall–Kier alpha value is -0.770. The number of rotatable bonds is 4. The summed E-state index contributed by atoms with van der Waals surface area (Å²) in [5.74, 6) is 1.75. The first kappa shape index (κ1) is 13.7. The standard InChI is InChI=1S/C14H15BrClNO/c1-3-17-9(2)12-7-8-13(18-12)10-5-4-6-11(16)14(10)15/h4-9,17H,3H2,1-2H3. The first-order valence-corrected chi connectivity index (χ1v) is 7.08. The fourth-order valence-corrected chi connectivity index (χ4v) is 2.47. The second-order valence-corrected chi connectivity index (χ2v) is 5.28. The molecule has 18 heavy (non-hydrogen) atoms. The van der Waals surface area contributed by atoms with Gasteiger partial charge in [0.2, 0.25) is 0 Å². The second kappa shape index (κ2) is 5.91. The molecule has 0 aliphatic heterocycles. The van der Waals surface area contributed by atoms with Gasteiger partial charge in [-0.3, -0.25) is 0 Å². The maximum atomic E-state index is 6.08. The van der Waals surface area contributed by atoms with Crippen molar-refractivity contribution >= 4 is 27.5 Å². The molecule has 0 aliphatic rings. The Bertz CT molecular complexity index is 538. The Balaban J connectivity index is 2.32. The quantitative estimate of drug-likeness (QED) is 0.851. The highest BCUT2D eigenvalue weighted by molar-refractivity contribution is 9.10. The molecule has 0 bridgehead atoms. The van der Waals surface area contributed by atoms with Gasteiger partial charge >= 0.3 is 0 Å². The number of nitrogens with one attached hydrogen (secondary N) is 1. The predicted octanol–water partition coefficient (Wildman–Crippen LogP) is 5.03. The van der Waals surface area contributed by atoms with Crippen LogP contribution in [0.2, 0.25) is 5.02 Å². The molecular formula is C14H15BrClNO. The molecule has 2 nitrogen and oxygen atoms in total. The van der Waals surface area contributed by atoms with E-state index >= 15 is 0 Å². The lowest BCUT2D eigenvalue weighted by Gasteiger charge is -2.08. The van der Waals surface area contributed by atoms with Crippen molar-refractivity contribution in [2.45, 2.75) is 19.9 Å². The van der Waals surface area contributed by atoms with Crippen molar-refractivity contribution in [2.24, 2.45) is 0 Å². The fourth-order valence-electron chi connectivity index (χ4n) is 1.83. The minimum absolute atomic E-state index is 0.210. The van der Waals surface area contributed by atoms with E-state index in [9.17, 15) is 0 Å². The van der Waals surface area contributed by atoms with E-state index in [1.165, 1.54) is 0 Å². The third-order valence-corrected chi connectivity index (χ3v) is 4.18. The zero-order valence-electron chi connectivity index (χ0n) is 10.3. The summed E-state index contributed by atoms with van der Waals surface area (Å²) >= 11 is 9.57.